The molecule has 3 nitrogen and oxygen atoms in total. The van der Waals surface area contributed by atoms with Crippen LogP contribution >= 0.6 is 11.8 Å². The zero-order valence-electron chi connectivity index (χ0n) is 11.0. The molecule has 2 N–H and O–H groups in total. The van der Waals surface area contributed by atoms with Gasteiger partial charge >= 0.3 is 0 Å². The van der Waals surface area contributed by atoms with Gasteiger partial charge in [0.1, 0.15) is 5.82 Å². The van der Waals surface area contributed by atoms with Gasteiger partial charge in [-0.1, -0.05) is 18.2 Å². The number of nitrogen functional groups attached to an aromatic ring is 1. The summed E-state index contributed by atoms with van der Waals surface area (Å²) in [5, 5.41) is 1.18. The van der Waals surface area contributed by atoms with Crippen molar-refractivity contribution < 1.29 is 0 Å². The van der Waals surface area contributed by atoms with Crippen LogP contribution in [0.5, 0.6) is 0 Å². The van der Waals surface area contributed by atoms with E-state index in [0.29, 0.717) is 5.82 Å². The Morgan fingerprint density at radius 2 is 2.11 bits per heavy atom. The maximum Gasteiger partial charge on any atom is 0.128 e. The van der Waals surface area contributed by atoms with Crippen LogP contribution < -0.4 is 5.73 Å². The Labute approximate surface area is 118 Å². The quantitative estimate of drug-likeness (QED) is 0.913. The number of fused-ring (bicyclic) bond motifs is 1. The van der Waals surface area contributed by atoms with E-state index in [1.807, 2.05) is 30.0 Å². The smallest absolute Gasteiger partial charge is 0.128 e. The zero-order valence-corrected chi connectivity index (χ0v) is 11.8. The van der Waals surface area contributed by atoms with E-state index in [0.717, 1.165) is 24.2 Å². The Balaban J connectivity index is 1.85. The molecule has 0 radical (unpaired) electrons. The molecule has 1 fully saturated rings. The standard InChI is InChI=1S/C15H19N3S/c16-15-13(11-18-6-3-8-19-9-7-18)10-12-4-1-2-5-14(12)17-15/h1-2,4-5,10H,3,6-9,11H2,(H2,16,17). The second-order valence-corrected chi connectivity index (χ2v) is 6.19. The molecule has 2 heterocycles. The highest BCUT2D eigenvalue weighted by Gasteiger charge is 2.12. The number of thioether (sulfide) groups is 1. The normalized spacial score (nSPS) is 17.5. The fourth-order valence-electron chi connectivity index (χ4n) is 2.50. The largest absolute Gasteiger partial charge is 0.383 e. The molecule has 4 heteroatoms. The Kier molecular flexibility index (Phi) is 3.89. The molecule has 1 saturated heterocycles. The van der Waals surface area contributed by atoms with E-state index in [1.54, 1.807) is 0 Å². The van der Waals surface area contributed by atoms with Gasteiger partial charge < -0.3 is 5.73 Å². The molecule has 3 rings (SSSR count). The molecule has 0 saturated carbocycles. The fourth-order valence-corrected chi connectivity index (χ4v) is 3.42. The van der Waals surface area contributed by atoms with Gasteiger partial charge in [0.2, 0.25) is 0 Å². The molecule has 0 amide bonds. The van der Waals surface area contributed by atoms with Gasteiger partial charge in [0.05, 0.1) is 5.52 Å². The lowest BCUT2D eigenvalue weighted by molar-refractivity contribution is 0.288. The third-order valence-electron chi connectivity index (χ3n) is 3.55. The van der Waals surface area contributed by atoms with Gasteiger partial charge in [-0.2, -0.15) is 11.8 Å². The van der Waals surface area contributed by atoms with Crippen molar-refractivity contribution in [3.05, 3.63) is 35.9 Å². The number of para-hydroxylation sites is 1. The van der Waals surface area contributed by atoms with Crippen LogP contribution in [-0.4, -0.2) is 34.5 Å². The molecule has 0 aliphatic carbocycles. The molecular formula is C15H19N3S. The van der Waals surface area contributed by atoms with Crippen molar-refractivity contribution in [2.45, 2.75) is 13.0 Å². The van der Waals surface area contributed by atoms with Gasteiger partial charge in [-0.25, -0.2) is 4.98 Å². The molecule has 1 aromatic heterocycles. The molecule has 1 aliphatic heterocycles. The number of hydrogen-bond donors (Lipinski definition) is 1. The van der Waals surface area contributed by atoms with Crippen LogP contribution in [0.1, 0.15) is 12.0 Å². The Morgan fingerprint density at radius 3 is 3.05 bits per heavy atom. The van der Waals surface area contributed by atoms with Crippen molar-refractivity contribution in [1.82, 2.24) is 9.88 Å². The lowest BCUT2D eigenvalue weighted by Crippen LogP contribution is -2.26. The summed E-state index contributed by atoms with van der Waals surface area (Å²) in [6.07, 6.45) is 1.27. The predicted molar refractivity (Wildman–Crippen MR) is 83.4 cm³/mol. The van der Waals surface area contributed by atoms with Crippen molar-refractivity contribution in [3.8, 4) is 0 Å². The van der Waals surface area contributed by atoms with Crippen molar-refractivity contribution in [3.63, 3.8) is 0 Å². The van der Waals surface area contributed by atoms with Crippen LogP contribution in [0, 0.1) is 0 Å². The molecule has 2 aromatic rings. The first-order valence-corrected chi connectivity index (χ1v) is 7.92. The highest BCUT2D eigenvalue weighted by atomic mass is 32.2. The summed E-state index contributed by atoms with van der Waals surface area (Å²) in [6, 6.07) is 10.4. The van der Waals surface area contributed by atoms with E-state index < -0.39 is 0 Å². The van der Waals surface area contributed by atoms with E-state index in [9.17, 15) is 0 Å². The van der Waals surface area contributed by atoms with Crippen LogP contribution in [0.15, 0.2) is 30.3 Å². The number of nitrogens with two attached hydrogens (primary N) is 1. The average molecular weight is 273 g/mol. The topological polar surface area (TPSA) is 42.1 Å². The first kappa shape index (κ1) is 12.8. The predicted octanol–water partition coefficient (Wildman–Crippen LogP) is 2.76. The molecule has 100 valence electrons. The van der Waals surface area contributed by atoms with Gasteiger partial charge in [0.15, 0.2) is 0 Å². The van der Waals surface area contributed by atoms with Crippen molar-refractivity contribution in [1.29, 1.82) is 0 Å². The van der Waals surface area contributed by atoms with Crippen LogP contribution in [0.3, 0.4) is 0 Å². The molecule has 19 heavy (non-hydrogen) atoms. The summed E-state index contributed by atoms with van der Waals surface area (Å²) in [6.45, 7) is 3.24. The molecule has 0 unspecified atom stereocenters. The summed E-state index contributed by atoms with van der Waals surface area (Å²) < 4.78 is 0. The summed E-state index contributed by atoms with van der Waals surface area (Å²) in [5.74, 6) is 3.18. The van der Waals surface area contributed by atoms with Gasteiger partial charge in [-0.15, -0.1) is 0 Å². The summed E-state index contributed by atoms with van der Waals surface area (Å²) >= 11 is 2.05. The third kappa shape index (κ3) is 3.01. The van der Waals surface area contributed by atoms with Gasteiger partial charge in [0, 0.05) is 29.8 Å². The Hall–Kier alpha value is -1.26. The molecule has 1 aromatic carbocycles. The SMILES string of the molecule is Nc1nc2ccccc2cc1CN1CCCSCC1. The summed E-state index contributed by atoms with van der Waals surface area (Å²) in [7, 11) is 0. The third-order valence-corrected chi connectivity index (χ3v) is 4.59. The number of hydrogen-bond acceptors (Lipinski definition) is 4. The Morgan fingerprint density at radius 1 is 1.21 bits per heavy atom. The molecule has 0 bridgehead atoms. The van der Waals surface area contributed by atoms with Crippen LogP contribution in [0.25, 0.3) is 10.9 Å². The first-order chi connectivity index (χ1) is 9.33. The highest BCUT2D eigenvalue weighted by molar-refractivity contribution is 7.99. The van der Waals surface area contributed by atoms with E-state index in [1.165, 1.54) is 29.9 Å². The minimum Gasteiger partial charge on any atom is -0.383 e. The van der Waals surface area contributed by atoms with Crippen molar-refractivity contribution in [2.75, 3.05) is 30.3 Å². The zero-order chi connectivity index (χ0) is 13.1. The first-order valence-electron chi connectivity index (χ1n) is 6.77. The molecule has 1 aliphatic rings. The maximum absolute atomic E-state index is 6.10. The van der Waals surface area contributed by atoms with Crippen molar-refractivity contribution >= 4 is 28.5 Å². The average Bonchev–Trinajstić information content (AvgIpc) is 2.68. The second kappa shape index (κ2) is 5.80. The van der Waals surface area contributed by atoms with Gasteiger partial charge in [-0.3, -0.25) is 4.90 Å². The number of rotatable bonds is 2. The van der Waals surface area contributed by atoms with Crippen molar-refractivity contribution in [2.24, 2.45) is 0 Å². The monoisotopic (exact) mass is 273 g/mol. The van der Waals surface area contributed by atoms with Gasteiger partial charge in [-0.05, 0) is 30.9 Å². The second-order valence-electron chi connectivity index (χ2n) is 4.97. The number of benzene rings is 1. The lowest BCUT2D eigenvalue weighted by Gasteiger charge is -2.20. The number of pyridine rings is 1. The molecular weight excluding hydrogens is 254 g/mol. The number of aromatic nitrogens is 1. The van der Waals surface area contributed by atoms with E-state index in [-0.39, 0.29) is 0 Å². The lowest BCUT2D eigenvalue weighted by atomic mass is 10.1. The van der Waals surface area contributed by atoms with Gasteiger partial charge in [0.25, 0.3) is 0 Å². The summed E-state index contributed by atoms with van der Waals surface area (Å²) in [5.41, 5.74) is 8.24. The van der Waals surface area contributed by atoms with Crippen LogP contribution in [-0.2, 0) is 6.54 Å². The van der Waals surface area contributed by atoms with E-state index in [2.05, 4.69) is 22.0 Å². The van der Waals surface area contributed by atoms with Crippen LogP contribution in [0.2, 0.25) is 0 Å². The van der Waals surface area contributed by atoms with E-state index in [4.69, 9.17) is 5.73 Å². The summed E-state index contributed by atoms with van der Waals surface area (Å²) in [4.78, 5) is 7.00. The highest BCUT2D eigenvalue weighted by Crippen LogP contribution is 2.21. The fraction of sp³-hybridized carbons (Fsp3) is 0.400. The number of anilines is 1. The number of nitrogens with zero attached hydrogens (tertiary/aromatic N) is 2. The minimum absolute atomic E-state index is 0.676. The Bertz CT molecular complexity index is 562. The minimum atomic E-state index is 0.676. The maximum atomic E-state index is 6.10. The molecule has 0 atom stereocenters. The van der Waals surface area contributed by atoms with Crippen LogP contribution in [0.4, 0.5) is 5.82 Å². The van der Waals surface area contributed by atoms with E-state index >= 15 is 0 Å². The molecule has 0 spiro atoms.